The lowest BCUT2D eigenvalue weighted by molar-refractivity contribution is -0.102. The molecule has 3 heteroatoms. The zero-order valence-corrected chi connectivity index (χ0v) is 20.1. The van der Waals surface area contributed by atoms with E-state index in [-0.39, 0.29) is 0 Å². The fraction of sp³-hybridized carbons (Fsp3) is 0.821. The average molecular weight is 426 g/mol. The van der Waals surface area contributed by atoms with Crippen LogP contribution in [0.15, 0.2) is 18.5 Å². The summed E-state index contributed by atoms with van der Waals surface area (Å²) in [5.74, 6) is 6.88. The van der Waals surface area contributed by atoms with E-state index in [1.165, 1.54) is 50.5 Å². The van der Waals surface area contributed by atoms with Crippen LogP contribution in [-0.4, -0.2) is 22.8 Å². The first-order valence-electron chi connectivity index (χ1n) is 13.0. The zero-order chi connectivity index (χ0) is 21.8. The maximum atomic E-state index is 10.6. The van der Waals surface area contributed by atoms with Crippen molar-refractivity contribution in [1.82, 2.24) is 4.98 Å². The fourth-order valence-electron chi connectivity index (χ4n) is 9.26. The van der Waals surface area contributed by atoms with Crippen LogP contribution in [0.2, 0.25) is 0 Å². The van der Waals surface area contributed by atoms with Gasteiger partial charge >= 0.3 is 0 Å². The standard InChI is InChI=1S/C28H43NO2/c1-18(13-19-14-21(31-4)17-29-16-19)25-7-8-26-24-6-5-20-15-27(2,30)11-9-22(20)23(24)10-12-28(25,26)3/h14,16-18,20,22-26,30H,5-13,15H2,1-4H3/t18-,20-,22+,23-,24-,25-,26+,27-,28-/m1/s1. The molecule has 4 saturated carbocycles. The molecule has 1 aromatic heterocycles. The van der Waals surface area contributed by atoms with Crippen molar-refractivity contribution in [2.75, 3.05) is 7.11 Å². The van der Waals surface area contributed by atoms with E-state index >= 15 is 0 Å². The van der Waals surface area contributed by atoms with E-state index in [0.717, 1.165) is 60.5 Å². The number of aliphatic hydroxyl groups is 1. The maximum absolute atomic E-state index is 10.6. The number of fused-ring (bicyclic) bond motifs is 5. The van der Waals surface area contributed by atoms with Crippen molar-refractivity contribution in [2.24, 2.45) is 46.8 Å². The van der Waals surface area contributed by atoms with Gasteiger partial charge in [0.2, 0.25) is 0 Å². The molecule has 0 aliphatic heterocycles. The largest absolute Gasteiger partial charge is 0.495 e. The summed E-state index contributed by atoms with van der Waals surface area (Å²) in [6.45, 7) is 7.22. The number of rotatable bonds is 4. The highest BCUT2D eigenvalue weighted by Crippen LogP contribution is 2.65. The van der Waals surface area contributed by atoms with E-state index in [0.29, 0.717) is 11.3 Å². The number of pyridine rings is 1. The molecule has 0 radical (unpaired) electrons. The number of aromatic nitrogens is 1. The van der Waals surface area contributed by atoms with Crippen LogP contribution in [0.5, 0.6) is 5.75 Å². The molecule has 3 nitrogen and oxygen atoms in total. The number of hydrogen-bond donors (Lipinski definition) is 1. The summed E-state index contributed by atoms with van der Waals surface area (Å²) >= 11 is 0. The molecular weight excluding hydrogens is 382 g/mol. The number of ether oxygens (including phenoxy) is 1. The van der Waals surface area contributed by atoms with Crippen LogP contribution in [0.1, 0.15) is 84.1 Å². The van der Waals surface area contributed by atoms with Crippen LogP contribution in [0.4, 0.5) is 0 Å². The third kappa shape index (κ3) is 3.83. The third-order valence-electron chi connectivity index (χ3n) is 10.6. The van der Waals surface area contributed by atoms with Gasteiger partial charge in [-0.1, -0.05) is 13.8 Å². The Balaban J connectivity index is 1.30. The Labute approximate surface area is 189 Å². The van der Waals surface area contributed by atoms with Gasteiger partial charge < -0.3 is 9.84 Å². The second kappa shape index (κ2) is 8.04. The van der Waals surface area contributed by atoms with Crippen LogP contribution < -0.4 is 4.74 Å². The fourth-order valence-corrected chi connectivity index (χ4v) is 9.26. The van der Waals surface area contributed by atoms with E-state index in [9.17, 15) is 5.11 Å². The lowest BCUT2D eigenvalue weighted by Gasteiger charge is -2.57. The molecule has 172 valence electrons. The molecule has 4 aliphatic rings. The molecule has 0 bridgehead atoms. The highest BCUT2D eigenvalue weighted by atomic mass is 16.5. The Morgan fingerprint density at radius 1 is 1.03 bits per heavy atom. The molecule has 0 spiro atoms. The first-order valence-corrected chi connectivity index (χ1v) is 13.0. The number of methoxy groups -OCH3 is 1. The van der Waals surface area contributed by atoms with Crippen molar-refractivity contribution in [3.63, 3.8) is 0 Å². The second-order valence-corrected chi connectivity index (χ2v) is 12.3. The molecule has 1 heterocycles. The predicted octanol–water partition coefficient (Wildman–Crippen LogP) is 6.29. The molecule has 9 atom stereocenters. The molecule has 0 saturated heterocycles. The van der Waals surface area contributed by atoms with E-state index in [4.69, 9.17) is 4.74 Å². The van der Waals surface area contributed by atoms with E-state index in [1.54, 1.807) is 7.11 Å². The molecule has 0 aromatic carbocycles. The third-order valence-corrected chi connectivity index (χ3v) is 10.6. The average Bonchev–Trinajstić information content (AvgIpc) is 3.10. The van der Waals surface area contributed by atoms with Gasteiger partial charge in [0.1, 0.15) is 5.75 Å². The maximum Gasteiger partial charge on any atom is 0.137 e. The summed E-state index contributed by atoms with van der Waals surface area (Å²) in [6, 6.07) is 2.18. The van der Waals surface area contributed by atoms with Crippen LogP contribution in [0.3, 0.4) is 0 Å². The minimum atomic E-state index is -0.403. The number of hydrogen-bond acceptors (Lipinski definition) is 3. The Morgan fingerprint density at radius 3 is 2.65 bits per heavy atom. The minimum Gasteiger partial charge on any atom is -0.495 e. The van der Waals surface area contributed by atoms with Gasteiger partial charge in [0.05, 0.1) is 18.9 Å². The van der Waals surface area contributed by atoms with E-state index in [2.05, 4.69) is 31.8 Å². The first-order chi connectivity index (χ1) is 14.8. The van der Waals surface area contributed by atoms with Crippen molar-refractivity contribution >= 4 is 0 Å². The van der Waals surface area contributed by atoms with Crippen LogP contribution in [0.25, 0.3) is 0 Å². The van der Waals surface area contributed by atoms with Crippen molar-refractivity contribution in [2.45, 2.75) is 90.6 Å². The molecule has 4 aliphatic carbocycles. The van der Waals surface area contributed by atoms with Gasteiger partial charge in [-0.05, 0) is 130 Å². The smallest absolute Gasteiger partial charge is 0.137 e. The molecule has 0 unspecified atom stereocenters. The quantitative estimate of drug-likeness (QED) is 0.616. The molecule has 31 heavy (non-hydrogen) atoms. The van der Waals surface area contributed by atoms with Crippen molar-refractivity contribution in [1.29, 1.82) is 0 Å². The summed E-state index contributed by atoms with van der Waals surface area (Å²) in [6.07, 6.45) is 16.8. The summed E-state index contributed by atoms with van der Waals surface area (Å²) < 4.78 is 5.40. The lowest BCUT2D eigenvalue weighted by Crippen LogP contribution is -2.50. The summed E-state index contributed by atoms with van der Waals surface area (Å²) in [5.41, 5.74) is 1.43. The second-order valence-electron chi connectivity index (χ2n) is 12.3. The molecule has 5 rings (SSSR count). The van der Waals surface area contributed by atoms with Gasteiger partial charge in [-0.2, -0.15) is 0 Å². The highest BCUT2D eigenvalue weighted by Gasteiger charge is 2.58. The molecular formula is C28H43NO2. The van der Waals surface area contributed by atoms with Crippen molar-refractivity contribution < 1.29 is 9.84 Å². The van der Waals surface area contributed by atoms with Crippen molar-refractivity contribution in [3.05, 3.63) is 24.0 Å². The van der Waals surface area contributed by atoms with Gasteiger partial charge in [0, 0.05) is 6.20 Å². The van der Waals surface area contributed by atoms with E-state index in [1.807, 2.05) is 12.4 Å². The Kier molecular flexibility index (Phi) is 5.64. The van der Waals surface area contributed by atoms with Gasteiger partial charge in [-0.25, -0.2) is 0 Å². The van der Waals surface area contributed by atoms with Gasteiger partial charge in [0.25, 0.3) is 0 Å². The Bertz CT molecular complexity index is 791. The molecule has 1 aromatic rings. The van der Waals surface area contributed by atoms with Gasteiger partial charge in [0.15, 0.2) is 0 Å². The Hall–Kier alpha value is -1.09. The summed E-state index contributed by atoms with van der Waals surface area (Å²) in [5, 5.41) is 10.6. The Morgan fingerprint density at radius 2 is 1.84 bits per heavy atom. The van der Waals surface area contributed by atoms with Crippen LogP contribution in [0, 0.1) is 46.8 Å². The van der Waals surface area contributed by atoms with Gasteiger partial charge in [-0.3, -0.25) is 4.98 Å². The van der Waals surface area contributed by atoms with Crippen LogP contribution in [-0.2, 0) is 6.42 Å². The molecule has 0 amide bonds. The normalized spacial score (nSPS) is 45.3. The number of nitrogens with zero attached hydrogens (tertiary/aromatic N) is 1. The van der Waals surface area contributed by atoms with Crippen molar-refractivity contribution in [3.8, 4) is 5.75 Å². The SMILES string of the molecule is COc1cncc(C[C@@H](C)[C@H]2CC[C@H]3[C@@H]4CC[C@@H]5C[C@](C)(O)CC[C@@H]5[C@H]4CC[C@]23C)c1. The van der Waals surface area contributed by atoms with Gasteiger partial charge in [-0.15, -0.1) is 0 Å². The zero-order valence-electron chi connectivity index (χ0n) is 20.1. The minimum absolute atomic E-state index is 0.403. The molecule has 4 fully saturated rings. The van der Waals surface area contributed by atoms with E-state index < -0.39 is 5.60 Å². The predicted molar refractivity (Wildman–Crippen MR) is 125 cm³/mol. The topological polar surface area (TPSA) is 42.4 Å². The summed E-state index contributed by atoms with van der Waals surface area (Å²) in [7, 11) is 1.73. The molecule has 1 N–H and O–H groups in total. The lowest BCUT2D eigenvalue weighted by atomic mass is 9.48. The first kappa shape index (κ1) is 21.7. The highest BCUT2D eigenvalue weighted by molar-refractivity contribution is 5.24. The monoisotopic (exact) mass is 425 g/mol. The van der Waals surface area contributed by atoms with Crippen LogP contribution >= 0.6 is 0 Å². The summed E-state index contributed by atoms with van der Waals surface area (Å²) in [4.78, 5) is 4.39.